The summed E-state index contributed by atoms with van der Waals surface area (Å²) in [7, 11) is 0. The fourth-order valence-electron chi connectivity index (χ4n) is 1.61. The third-order valence-corrected chi connectivity index (χ3v) is 3.25. The second-order valence-corrected chi connectivity index (χ2v) is 5.29. The summed E-state index contributed by atoms with van der Waals surface area (Å²) in [6.45, 7) is 2.10. The van der Waals surface area contributed by atoms with E-state index in [1.54, 1.807) is 18.2 Å². The van der Waals surface area contributed by atoms with Crippen molar-refractivity contribution in [2.45, 2.75) is 19.8 Å². The molecule has 1 aromatic rings. The van der Waals surface area contributed by atoms with E-state index >= 15 is 0 Å². The summed E-state index contributed by atoms with van der Waals surface area (Å²) >= 11 is 2.13. The molecular weight excluding hydrogens is 345 g/mol. The van der Waals surface area contributed by atoms with Gasteiger partial charge in [-0.05, 0) is 47.2 Å². The number of halogens is 1. The van der Waals surface area contributed by atoms with Crippen LogP contribution < -0.4 is 5.32 Å². The maximum Gasteiger partial charge on any atom is 0.308 e. The van der Waals surface area contributed by atoms with Crippen LogP contribution in [-0.4, -0.2) is 23.5 Å². The lowest BCUT2D eigenvalue weighted by molar-refractivity contribution is -0.141. The molecule has 1 aromatic carbocycles. The second-order valence-electron chi connectivity index (χ2n) is 4.04. The van der Waals surface area contributed by atoms with E-state index in [-0.39, 0.29) is 12.5 Å². The molecule has 2 N–H and O–H groups in total. The first-order valence-corrected chi connectivity index (χ1v) is 6.89. The summed E-state index contributed by atoms with van der Waals surface area (Å²) in [5.41, 5.74) is 0.558. The van der Waals surface area contributed by atoms with Crippen LogP contribution in [-0.2, 0) is 4.79 Å². The number of carbonyl (C=O) groups excluding carboxylic acids is 1. The number of hydrogen-bond acceptors (Lipinski definition) is 2. The summed E-state index contributed by atoms with van der Waals surface area (Å²) in [4.78, 5) is 22.8. The van der Waals surface area contributed by atoms with Gasteiger partial charge in [0.05, 0.1) is 5.92 Å². The van der Waals surface area contributed by atoms with Crippen molar-refractivity contribution in [3.8, 4) is 0 Å². The maximum absolute atomic E-state index is 11.8. The van der Waals surface area contributed by atoms with Gasteiger partial charge in [0.1, 0.15) is 0 Å². The average molecular weight is 361 g/mol. The van der Waals surface area contributed by atoms with Gasteiger partial charge in [-0.2, -0.15) is 0 Å². The van der Waals surface area contributed by atoms with Crippen molar-refractivity contribution in [1.82, 2.24) is 5.32 Å². The van der Waals surface area contributed by atoms with Gasteiger partial charge in [0.15, 0.2) is 0 Å². The van der Waals surface area contributed by atoms with E-state index in [1.165, 1.54) is 0 Å². The zero-order valence-electron chi connectivity index (χ0n) is 10.1. The van der Waals surface area contributed by atoms with Crippen molar-refractivity contribution < 1.29 is 14.7 Å². The van der Waals surface area contributed by atoms with Crippen LogP contribution in [0.1, 0.15) is 30.1 Å². The van der Waals surface area contributed by atoms with Crippen LogP contribution in [0.15, 0.2) is 24.3 Å². The Morgan fingerprint density at radius 3 is 2.72 bits per heavy atom. The first kappa shape index (κ1) is 14.9. The Balaban J connectivity index is 2.57. The Labute approximate surface area is 120 Å². The lowest BCUT2D eigenvalue weighted by Crippen LogP contribution is -2.32. The lowest BCUT2D eigenvalue weighted by Gasteiger charge is -2.12. The number of benzene rings is 1. The van der Waals surface area contributed by atoms with E-state index in [2.05, 4.69) is 27.9 Å². The molecular formula is C13H16INO3. The molecule has 0 saturated carbocycles. The van der Waals surface area contributed by atoms with E-state index in [9.17, 15) is 9.59 Å². The fraction of sp³-hybridized carbons (Fsp3) is 0.385. The first-order valence-electron chi connectivity index (χ1n) is 5.81. The predicted molar refractivity (Wildman–Crippen MR) is 77.5 cm³/mol. The number of carboxylic acid groups (broad SMARTS) is 1. The number of hydrogen-bond donors (Lipinski definition) is 2. The molecule has 1 rings (SSSR count). The molecule has 0 radical (unpaired) electrons. The van der Waals surface area contributed by atoms with Crippen LogP contribution >= 0.6 is 22.6 Å². The largest absolute Gasteiger partial charge is 0.481 e. The number of nitrogens with one attached hydrogen (secondary N) is 1. The highest BCUT2D eigenvalue weighted by atomic mass is 127. The van der Waals surface area contributed by atoms with Crippen molar-refractivity contribution in [3.63, 3.8) is 0 Å². The highest BCUT2D eigenvalue weighted by molar-refractivity contribution is 14.1. The van der Waals surface area contributed by atoms with Crippen LogP contribution in [0, 0.1) is 9.49 Å². The molecule has 1 amide bonds. The lowest BCUT2D eigenvalue weighted by atomic mass is 10.0. The summed E-state index contributed by atoms with van der Waals surface area (Å²) in [6.07, 6.45) is 1.36. The molecule has 0 fully saturated rings. The van der Waals surface area contributed by atoms with Gasteiger partial charge in [0, 0.05) is 15.7 Å². The molecule has 0 bridgehead atoms. The number of carbonyl (C=O) groups is 2. The number of rotatable bonds is 6. The standard InChI is InChI=1S/C13H16INO3/c1-2-4-10(13(17)18)8-15-12(16)9-5-3-6-11(14)7-9/h3,5-7,10H,2,4,8H2,1H3,(H,15,16)(H,17,18). The van der Waals surface area contributed by atoms with E-state index in [0.717, 1.165) is 9.99 Å². The third kappa shape index (κ3) is 4.64. The molecule has 0 heterocycles. The SMILES string of the molecule is CCCC(CNC(=O)c1cccc(I)c1)C(=O)O. The van der Waals surface area contributed by atoms with Gasteiger partial charge in [-0.25, -0.2) is 0 Å². The Kier molecular flexibility index (Phi) is 6.11. The Morgan fingerprint density at radius 1 is 1.44 bits per heavy atom. The van der Waals surface area contributed by atoms with Gasteiger partial charge >= 0.3 is 5.97 Å². The minimum Gasteiger partial charge on any atom is -0.481 e. The normalized spacial score (nSPS) is 11.9. The van der Waals surface area contributed by atoms with Crippen molar-refractivity contribution in [3.05, 3.63) is 33.4 Å². The molecule has 18 heavy (non-hydrogen) atoms. The molecule has 4 nitrogen and oxygen atoms in total. The molecule has 0 saturated heterocycles. The van der Waals surface area contributed by atoms with Crippen LogP contribution in [0.25, 0.3) is 0 Å². The van der Waals surface area contributed by atoms with Crippen LogP contribution in [0.2, 0.25) is 0 Å². The molecule has 0 aliphatic heterocycles. The summed E-state index contributed by atoms with van der Waals surface area (Å²) in [6, 6.07) is 7.18. The topological polar surface area (TPSA) is 66.4 Å². The monoisotopic (exact) mass is 361 g/mol. The molecule has 0 aromatic heterocycles. The van der Waals surface area contributed by atoms with Gasteiger partial charge in [-0.3, -0.25) is 9.59 Å². The Hall–Kier alpha value is -1.11. The molecule has 1 atom stereocenters. The van der Waals surface area contributed by atoms with Gasteiger partial charge in [-0.15, -0.1) is 0 Å². The number of carboxylic acids is 1. The molecule has 0 aliphatic carbocycles. The maximum atomic E-state index is 11.8. The second kappa shape index (κ2) is 7.35. The van der Waals surface area contributed by atoms with E-state index in [0.29, 0.717) is 12.0 Å². The van der Waals surface area contributed by atoms with Gasteiger partial charge in [0.2, 0.25) is 0 Å². The van der Waals surface area contributed by atoms with Crippen LogP contribution in [0.3, 0.4) is 0 Å². The summed E-state index contributed by atoms with van der Waals surface area (Å²) in [5, 5.41) is 11.6. The minimum atomic E-state index is -0.861. The third-order valence-electron chi connectivity index (χ3n) is 2.58. The summed E-state index contributed by atoms with van der Waals surface area (Å²) in [5.74, 6) is -1.60. The highest BCUT2D eigenvalue weighted by Gasteiger charge is 2.17. The molecule has 0 spiro atoms. The van der Waals surface area contributed by atoms with E-state index < -0.39 is 11.9 Å². The predicted octanol–water partition coefficient (Wildman–Crippen LogP) is 2.52. The van der Waals surface area contributed by atoms with Gasteiger partial charge in [-0.1, -0.05) is 19.4 Å². The molecule has 98 valence electrons. The van der Waals surface area contributed by atoms with Crippen molar-refractivity contribution in [1.29, 1.82) is 0 Å². The van der Waals surface area contributed by atoms with Crippen molar-refractivity contribution >= 4 is 34.5 Å². The van der Waals surface area contributed by atoms with Crippen molar-refractivity contribution in [2.75, 3.05) is 6.54 Å². The fourth-order valence-corrected chi connectivity index (χ4v) is 2.15. The molecule has 1 unspecified atom stereocenters. The molecule has 0 aliphatic rings. The first-order chi connectivity index (χ1) is 8.54. The Bertz CT molecular complexity index is 434. The quantitative estimate of drug-likeness (QED) is 0.766. The van der Waals surface area contributed by atoms with Crippen LogP contribution in [0.4, 0.5) is 0 Å². The van der Waals surface area contributed by atoms with Crippen LogP contribution in [0.5, 0.6) is 0 Å². The average Bonchev–Trinajstić information content (AvgIpc) is 2.33. The smallest absolute Gasteiger partial charge is 0.308 e. The van der Waals surface area contributed by atoms with Gasteiger partial charge in [0.25, 0.3) is 5.91 Å². The van der Waals surface area contributed by atoms with Crippen molar-refractivity contribution in [2.24, 2.45) is 5.92 Å². The number of amides is 1. The van der Waals surface area contributed by atoms with E-state index in [4.69, 9.17) is 5.11 Å². The van der Waals surface area contributed by atoms with Gasteiger partial charge < -0.3 is 10.4 Å². The zero-order valence-corrected chi connectivity index (χ0v) is 12.3. The van der Waals surface area contributed by atoms with E-state index in [1.807, 2.05) is 13.0 Å². The number of aliphatic carboxylic acids is 1. The highest BCUT2D eigenvalue weighted by Crippen LogP contribution is 2.09. The Morgan fingerprint density at radius 2 is 2.17 bits per heavy atom. The minimum absolute atomic E-state index is 0.174. The zero-order chi connectivity index (χ0) is 13.5. The summed E-state index contributed by atoms with van der Waals surface area (Å²) < 4.78 is 0.976. The molecule has 5 heteroatoms.